The van der Waals surface area contributed by atoms with E-state index in [1.165, 1.54) is 11.4 Å². The summed E-state index contributed by atoms with van der Waals surface area (Å²) in [6, 6.07) is 16.0. The number of ether oxygens (including phenoxy) is 2. The lowest BCUT2D eigenvalue weighted by Crippen LogP contribution is -2.31. The van der Waals surface area contributed by atoms with Gasteiger partial charge in [0.05, 0.1) is 18.9 Å². The average molecular weight is 463 g/mol. The minimum Gasteiger partial charge on any atom is -0.490 e. The van der Waals surface area contributed by atoms with Crippen molar-refractivity contribution >= 4 is 11.7 Å². The predicted molar refractivity (Wildman–Crippen MR) is 134 cm³/mol. The Morgan fingerprint density at radius 1 is 0.971 bits per heavy atom. The molecule has 0 aliphatic carbocycles. The largest absolute Gasteiger partial charge is 0.490 e. The Labute approximate surface area is 201 Å². The van der Waals surface area contributed by atoms with E-state index in [1.807, 2.05) is 63.2 Å². The molecule has 1 amide bonds. The molecule has 0 radical (unpaired) electrons. The summed E-state index contributed by atoms with van der Waals surface area (Å²) in [7, 11) is 0. The van der Waals surface area contributed by atoms with Gasteiger partial charge in [-0.3, -0.25) is 4.79 Å². The predicted octanol–water partition coefficient (Wildman–Crippen LogP) is 4.37. The molecule has 1 N–H and O–H groups in total. The van der Waals surface area contributed by atoms with Crippen LogP contribution in [0.15, 0.2) is 48.5 Å². The van der Waals surface area contributed by atoms with E-state index >= 15 is 0 Å². The lowest BCUT2D eigenvalue weighted by atomic mass is 10.1. The highest BCUT2D eigenvalue weighted by atomic mass is 16.5. The second-order valence-electron chi connectivity index (χ2n) is 8.49. The number of carbonyl (C=O) groups excluding carboxylic acids is 1. The van der Waals surface area contributed by atoms with Crippen molar-refractivity contribution in [3.63, 3.8) is 0 Å². The van der Waals surface area contributed by atoms with E-state index in [0.717, 1.165) is 55.2 Å². The van der Waals surface area contributed by atoms with Crippen LogP contribution in [0.5, 0.6) is 11.5 Å². The first-order chi connectivity index (χ1) is 16.6. The van der Waals surface area contributed by atoms with Gasteiger partial charge in [0.1, 0.15) is 5.82 Å². The van der Waals surface area contributed by atoms with Crippen LogP contribution in [0.4, 0.5) is 5.82 Å². The van der Waals surface area contributed by atoms with E-state index in [9.17, 15) is 4.79 Å². The van der Waals surface area contributed by atoms with Gasteiger partial charge in [0.25, 0.3) is 5.91 Å². The normalized spacial score (nSPS) is 12.9. The molecule has 1 aromatic heterocycles. The van der Waals surface area contributed by atoms with Gasteiger partial charge in [-0.25, -0.2) is 4.68 Å². The molecule has 0 atom stereocenters. The van der Waals surface area contributed by atoms with Crippen LogP contribution in [0.25, 0.3) is 0 Å². The number of amides is 1. The van der Waals surface area contributed by atoms with Crippen molar-refractivity contribution in [1.82, 2.24) is 15.1 Å². The van der Waals surface area contributed by atoms with Crippen molar-refractivity contribution in [2.45, 2.75) is 46.7 Å². The second kappa shape index (κ2) is 11.1. The molecule has 0 spiro atoms. The summed E-state index contributed by atoms with van der Waals surface area (Å²) in [6.07, 6.45) is 1.81. The SMILES string of the molecule is CCOc1ccc(CCNC(=O)c2ccc(CN3CCCn4nc(C)cc43)cc2)cc1OCC. The monoisotopic (exact) mass is 462 g/mol. The fraction of sp³-hybridized carbons (Fsp3) is 0.407. The third-order valence-electron chi connectivity index (χ3n) is 5.90. The van der Waals surface area contributed by atoms with E-state index in [-0.39, 0.29) is 5.91 Å². The van der Waals surface area contributed by atoms with E-state index < -0.39 is 0 Å². The molecule has 34 heavy (non-hydrogen) atoms. The number of rotatable bonds is 10. The number of aromatic nitrogens is 2. The molecular formula is C27H34N4O3. The van der Waals surface area contributed by atoms with Gasteiger partial charge in [0, 0.05) is 37.8 Å². The number of hydrogen-bond acceptors (Lipinski definition) is 5. The van der Waals surface area contributed by atoms with Crippen LogP contribution >= 0.6 is 0 Å². The van der Waals surface area contributed by atoms with Gasteiger partial charge in [0.2, 0.25) is 0 Å². The lowest BCUT2D eigenvalue weighted by Gasteiger charge is -2.29. The highest BCUT2D eigenvalue weighted by molar-refractivity contribution is 5.94. The molecule has 0 saturated carbocycles. The summed E-state index contributed by atoms with van der Waals surface area (Å²) in [5, 5.41) is 7.59. The zero-order valence-corrected chi connectivity index (χ0v) is 20.3. The van der Waals surface area contributed by atoms with Crippen molar-refractivity contribution in [2.75, 3.05) is 31.2 Å². The molecule has 2 aromatic carbocycles. The summed E-state index contributed by atoms with van der Waals surface area (Å²) >= 11 is 0. The zero-order valence-electron chi connectivity index (χ0n) is 20.3. The van der Waals surface area contributed by atoms with E-state index in [2.05, 4.69) is 26.1 Å². The van der Waals surface area contributed by atoms with Crippen LogP contribution in [0, 0.1) is 6.92 Å². The number of carbonyl (C=O) groups is 1. The topological polar surface area (TPSA) is 68.6 Å². The summed E-state index contributed by atoms with van der Waals surface area (Å²) in [4.78, 5) is 15.0. The van der Waals surface area contributed by atoms with E-state index in [1.54, 1.807) is 0 Å². The third-order valence-corrected chi connectivity index (χ3v) is 5.90. The molecule has 180 valence electrons. The standard InChI is InChI=1S/C27H34N4O3/c1-4-33-24-12-9-21(18-25(24)34-5-2)13-14-28-27(32)23-10-7-22(8-11-23)19-30-15-6-16-31-26(30)17-20(3)29-31/h7-12,17-18H,4-6,13-16,19H2,1-3H3,(H,28,32). The molecule has 1 aliphatic rings. The Balaban J connectivity index is 1.30. The Hall–Kier alpha value is -3.48. The van der Waals surface area contributed by atoms with Gasteiger partial charge in [-0.15, -0.1) is 0 Å². The molecule has 0 unspecified atom stereocenters. The highest BCUT2D eigenvalue weighted by Gasteiger charge is 2.18. The Morgan fingerprint density at radius 3 is 2.47 bits per heavy atom. The summed E-state index contributed by atoms with van der Waals surface area (Å²) < 4.78 is 13.4. The minimum absolute atomic E-state index is 0.0609. The minimum atomic E-state index is -0.0609. The second-order valence-corrected chi connectivity index (χ2v) is 8.49. The maximum atomic E-state index is 12.6. The molecule has 0 fully saturated rings. The first-order valence-corrected chi connectivity index (χ1v) is 12.1. The van der Waals surface area contributed by atoms with Crippen LogP contribution in [-0.2, 0) is 19.5 Å². The Morgan fingerprint density at radius 2 is 1.71 bits per heavy atom. The highest BCUT2D eigenvalue weighted by Crippen LogP contribution is 2.28. The zero-order chi connectivity index (χ0) is 23.9. The Kier molecular flexibility index (Phi) is 7.72. The molecule has 7 nitrogen and oxygen atoms in total. The number of nitrogens with zero attached hydrogens (tertiary/aromatic N) is 3. The van der Waals surface area contributed by atoms with Crippen molar-refractivity contribution in [3.05, 3.63) is 70.9 Å². The van der Waals surface area contributed by atoms with Gasteiger partial charge in [-0.1, -0.05) is 18.2 Å². The number of aryl methyl sites for hydroxylation is 2. The third kappa shape index (κ3) is 5.71. The molecule has 3 aromatic rings. The summed E-state index contributed by atoms with van der Waals surface area (Å²) in [6.45, 7) is 10.5. The van der Waals surface area contributed by atoms with Crippen LogP contribution in [0.1, 0.15) is 47.4 Å². The fourth-order valence-electron chi connectivity index (χ4n) is 4.29. The van der Waals surface area contributed by atoms with Crippen LogP contribution in [-0.4, -0.2) is 42.0 Å². The Bertz CT molecular complexity index is 1110. The van der Waals surface area contributed by atoms with Gasteiger partial charge >= 0.3 is 0 Å². The lowest BCUT2D eigenvalue weighted by molar-refractivity contribution is 0.0954. The smallest absolute Gasteiger partial charge is 0.251 e. The van der Waals surface area contributed by atoms with E-state index in [4.69, 9.17) is 9.47 Å². The van der Waals surface area contributed by atoms with Gasteiger partial charge in [-0.2, -0.15) is 5.10 Å². The number of anilines is 1. The van der Waals surface area contributed by atoms with Crippen LogP contribution in [0.3, 0.4) is 0 Å². The van der Waals surface area contributed by atoms with Crippen molar-refractivity contribution < 1.29 is 14.3 Å². The number of fused-ring (bicyclic) bond motifs is 1. The molecule has 4 rings (SSSR count). The first-order valence-electron chi connectivity index (χ1n) is 12.1. The molecule has 1 aliphatic heterocycles. The van der Waals surface area contributed by atoms with E-state index in [0.29, 0.717) is 25.3 Å². The number of benzene rings is 2. The molecule has 0 bridgehead atoms. The number of nitrogens with one attached hydrogen (secondary N) is 1. The van der Waals surface area contributed by atoms with Crippen molar-refractivity contribution in [2.24, 2.45) is 0 Å². The molecular weight excluding hydrogens is 428 g/mol. The van der Waals surface area contributed by atoms with Gasteiger partial charge in [0.15, 0.2) is 11.5 Å². The van der Waals surface area contributed by atoms with Gasteiger partial charge in [-0.05, 0) is 69.0 Å². The van der Waals surface area contributed by atoms with Gasteiger partial charge < -0.3 is 19.7 Å². The number of hydrogen-bond donors (Lipinski definition) is 1. The average Bonchev–Trinajstić information content (AvgIpc) is 3.22. The molecule has 7 heteroatoms. The molecule has 2 heterocycles. The van der Waals surface area contributed by atoms with Crippen LogP contribution in [0.2, 0.25) is 0 Å². The van der Waals surface area contributed by atoms with Crippen molar-refractivity contribution in [1.29, 1.82) is 0 Å². The quantitative estimate of drug-likeness (QED) is 0.485. The maximum absolute atomic E-state index is 12.6. The fourth-order valence-corrected chi connectivity index (χ4v) is 4.29. The summed E-state index contributed by atoms with van der Waals surface area (Å²) in [5.41, 5.74) is 4.00. The maximum Gasteiger partial charge on any atom is 0.251 e. The van der Waals surface area contributed by atoms with Crippen LogP contribution < -0.4 is 19.7 Å². The van der Waals surface area contributed by atoms with Crippen molar-refractivity contribution in [3.8, 4) is 11.5 Å². The summed E-state index contributed by atoms with van der Waals surface area (Å²) in [5.74, 6) is 2.61. The first kappa shape index (κ1) is 23.7. The molecule has 0 saturated heterocycles.